The number of hydrogen-bond acceptors (Lipinski definition) is 0. The summed E-state index contributed by atoms with van der Waals surface area (Å²) in [5, 5.41) is 0. The van der Waals surface area contributed by atoms with Crippen LogP contribution in [0.15, 0.2) is 24.3 Å². The topological polar surface area (TPSA) is 0 Å². The van der Waals surface area contributed by atoms with Crippen molar-refractivity contribution in [2.24, 2.45) is 0 Å². The van der Waals surface area contributed by atoms with Gasteiger partial charge in [-0.3, -0.25) is 0 Å². The number of hydrogen-bond donors (Lipinski definition) is 0. The second kappa shape index (κ2) is 2.54. The lowest BCUT2D eigenvalue weighted by Crippen LogP contribution is -1.95. The Labute approximate surface area is 67.6 Å². The Kier molecular flexibility index (Phi) is 1.54. The molecule has 11 heavy (non-hydrogen) atoms. The van der Waals surface area contributed by atoms with Gasteiger partial charge in [-0.25, -0.2) is 0 Å². The minimum absolute atomic E-state index is 1.20. The van der Waals surface area contributed by atoms with Gasteiger partial charge in [-0.05, 0) is 36.5 Å². The standard InChI is InChI=1S/C11H12/c1-9-5-4-7-10-6-2-3-8-11(9)10/h3-5,7-8H,2,6H2,1H3. The molecule has 0 N–H and O–H groups in total. The zero-order valence-corrected chi connectivity index (χ0v) is 6.80. The molecule has 1 aromatic rings. The molecule has 0 heteroatoms. The SMILES string of the molecule is Cc1cccc2c1C=CCC2. The number of fused-ring (bicyclic) bond motifs is 1. The second-order valence-corrected chi connectivity index (χ2v) is 3.09. The lowest BCUT2D eigenvalue weighted by Gasteiger charge is -2.11. The summed E-state index contributed by atoms with van der Waals surface area (Å²) >= 11 is 0. The summed E-state index contributed by atoms with van der Waals surface area (Å²) < 4.78 is 0. The summed E-state index contributed by atoms with van der Waals surface area (Å²) in [6, 6.07) is 6.55. The van der Waals surface area contributed by atoms with Gasteiger partial charge in [0.05, 0.1) is 0 Å². The molecule has 1 aromatic carbocycles. The highest BCUT2D eigenvalue weighted by atomic mass is 14.1. The van der Waals surface area contributed by atoms with Crippen molar-refractivity contribution < 1.29 is 0 Å². The second-order valence-electron chi connectivity index (χ2n) is 3.09. The van der Waals surface area contributed by atoms with Crippen LogP contribution in [0.25, 0.3) is 6.08 Å². The van der Waals surface area contributed by atoms with E-state index in [1.165, 1.54) is 29.5 Å². The summed E-state index contributed by atoms with van der Waals surface area (Å²) in [6.07, 6.45) is 6.92. The highest BCUT2D eigenvalue weighted by molar-refractivity contribution is 5.59. The van der Waals surface area contributed by atoms with Gasteiger partial charge in [0.2, 0.25) is 0 Å². The van der Waals surface area contributed by atoms with Crippen molar-refractivity contribution in [3.8, 4) is 0 Å². The minimum atomic E-state index is 1.20. The Morgan fingerprint density at radius 3 is 3.00 bits per heavy atom. The van der Waals surface area contributed by atoms with Gasteiger partial charge in [0.25, 0.3) is 0 Å². The minimum Gasteiger partial charge on any atom is -0.0836 e. The first-order chi connectivity index (χ1) is 5.38. The Morgan fingerprint density at radius 2 is 2.18 bits per heavy atom. The van der Waals surface area contributed by atoms with E-state index in [0.717, 1.165) is 0 Å². The van der Waals surface area contributed by atoms with E-state index in [4.69, 9.17) is 0 Å². The van der Waals surface area contributed by atoms with Crippen molar-refractivity contribution in [2.45, 2.75) is 19.8 Å². The third-order valence-corrected chi connectivity index (χ3v) is 2.28. The zero-order valence-electron chi connectivity index (χ0n) is 6.80. The van der Waals surface area contributed by atoms with Crippen LogP contribution in [-0.2, 0) is 6.42 Å². The molecule has 0 nitrogen and oxygen atoms in total. The summed E-state index contributed by atoms with van der Waals surface area (Å²) in [6.45, 7) is 2.18. The van der Waals surface area contributed by atoms with Gasteiger partial charge in [0.15, 0.2) is 0 Å². The zero-order chi connectivity index (χ0) is 7.68. The van der Waals surface area contributed by atoms with Crippen LogP contribution >= 0.6 is 0 Å². The molecule has 0 aliphatic heterocycles. The first kappa shape index (κ1) is 6.66. The fraction of sp³-hybridized carbons (Fsp3) is 0.273. The molecule has 0 amide bonds. The van der Waals surface area contributed by atoms with Gasteiger partial charge in [-0.2, -0.15) is 0 Å². The Balaban J connectivity index is 2.60. The summed E-state index contributed by atoms with van der Waals surface area (Å²) in [5.41, 5.74) is 4.35. The molecular formula is C11H12. The van der Waals surface area contributed by atoms with Crippen LogP contribution in [0.5, 0.6) is 0 Å². The lowest BCUT2D eigenvalue weighted by atomic mass is 9.94. The van der Waals surface area contributed by atoms with Gasteiger partial charge in [0, 0.05) is 0 Å². The van der Waals surface area contributed by atoms with Crippen LogP contribution < -0.4 is 0 Å². The van der Waals surface area contributed by atoms with E-state index < -0.39 is 0 Å². The van der Waals surface area contributed by atoms with Gasteiger partial charge in [-0.15, -0.1) is 0 Å². The fourth-order valence-corrected chi connectivity index (χ4v) is 1.64. The largest absolute Gasteiger partial charge is 0.0836 e. The molecule has 0 atom stereocenters. The lowest BCUT2D eigenvalue weighted by molar-refractivity contribution is 0.981. The molecule has 0 saturated carbocycles. The normalized spacial score (nSPS) is 14.6. The maximum atomic E-state index is 2.26. The van der Waals surface area contributed by atoms with Gasteiger partial charge in [0.1, 0.15) is 0 Å². The highest BCUT2D eigenvalue weighted by Crippen LogP contribution is 2.21. The van der Waals surface area contributed by atoms with Gasteiger partial charge in [-0.1, -0.05) is 30.4 Å². The van der Waals surface area contributed by atoms with E-state index in [1.54, 1.807) is 0 Å². The predicted molar refractivity (Wildman–Crippen MR) is 48.5 cm³/mol. The molecule has 0 spiro atoms. The van der Waals surface area contributed by atoms with Crippen molar-refractivity contribution in [3.05, 3.63) is 41.0 Å². The molecule has 0 aromatic heterocycles. The maximum absolute atomic E-state index is 2.26. The predicted octanol–water partition coefficient (Wildman–Crippen LogP) is 2.95. The van der Waals surface area contributed by atoms with E-state index in [2.05, 4.69) is 37.3 Å². The molecule has 2 rings (SSSR count). The molecule has 0 heterocycles. The molecule has 0 unspecified atom stereocenters. The van der Waals surface area contributed by atoms with E-state index >= 15 is 0 Å². The molecule has 0 bridgehead atoms. The van der Waals surface area contributed by atoms with Crippen LogP contribution in [-0.4, -0.2) is 0 Å². The molecule has 56 valence electrons. The van der Waals surface area contributed by atoms with Gasteiger partial charge < -0.3 is 0 Å². The van der Waals surface area contributed by atoms with Crippen LogP contribution in [0.1, 0.15) is 23.1 Å². The molecule has 0 saturated heterocycles. The van der Waals surface area contributed by atoms with Crippen molar-refractivity contribution in [2.75, 3.05) is 0 Å². The van der Waals surface area contributed by atoms with Crippen molar-refractivity contribution >= 4 is 6.08 Å². The Bertz CT molecular complexity index is 295. The van der Waals surface area contributed by atoms with Crippen molar-refractivity contribution in [3.63, 3.8) is 0 Å². The Morgan fingerprint density at radius 1 is 1.27 bits per heavy atom. The van der Waals surface area contributed by atoms with E-state index in [1.807, 2.05) is 0 Å². The van der Waals surface area contributed by atoms with Crippen LogP contribution in [0.4, 0.5) is 0 Å². The van der Waals surface area contributed by atoms with Crippen molar-refractivity contribution in [1.29, 1.82) is 0 Å². The van der Waals surface area contributed by atoms with Crippen LogP contribution in [0.3, 0.4) is 0 Å². The number of rotatable bonds is 0. The third-order valence-electron chi connectivity index (χ3n) is 2.28. The van der Waals surface area contributed by atoms with E-state index in [-0.39, 0.29) is 0 Å². The molecule has 0 radical (unpaired) electrons. The number of allylic oxidation sites excluding steroid dienone is 1. The molecule has 1 aliphatic carbocycles. The maximum Gasteiger partial charge on any atom is -0.0198 e. The van der Waals surface area contributed by atoms with Crippen LogP contribution in [0, 0.1) is 6.92 Å². The molecular weight excluding hydrogens is 132 g/mol. The quantitative estimate of drug-likeness (QED) is 0.525. The molecule has 1 aliphatic rings. The molecule has 0 fully saturated rings. The summed E-state index contributed by atoms with van der Waals surface area (Å²) in [5.74, 6) is 0. The summed E-state index contributed by atoms with van der Waals surface area (Å²) in [7, 11) is 0. The van der Waals surface area contributed by atoms with Crippen molar-refractivity contribution in [1.82, 2.24) is 0 Å². The third kappa shape index (κ3) is 1.09. The fourth-order valence-electron chi connectivity index (χ4n) is 1.64. The van der Waals surface area contributed by atoms with Gasteiger partial charge >= 0.3 is 0 Å². The first-order valence-corrected chi connectivity index (χ1v) is 4.13. The average molecular weight is 144 g/mol. The average Bonchev–Trinajstić information content (AvgIpc) is 2.06. The smallest absolute Gasteiger partial charge is 0.0198 e. The van der Waals surface area contributed by atoms with E-state index in [9.17, 15) is 0 Å². The number of benzene rings is 1. The summed E-state index contributed by atoms with van der Waals surface area (Å²) in [4.78, 5) is 0. The monoisotopic (exact) mass is 144 g/mol. The first-order valence-electron chi connectivity index (χ1n) is 4.13. The highest BCUT2D eigenvalue weighted by Gasteiger charge is 2.04. The number of aryl methyl sites for hydroxylation is 2. The van der Waals surface area contributed by atoms with Crippen LogP contribution in [0.2, 0.25) is 0 Å². The Hall–Kier alpha value is -1.04. The van der Waals surface area contributed by atoms with E-state index in [0.29, 0.717) is 0 Å².